The molecule has 0 saturated carbocycles. The van der Waals surface area contributed by atoms with E-state index in [0.29, 0.717) is 19.5 Å². The second-order valence-corrected chi connectivity index (χ2v) is 6.30. The summed E-state index contributed by atoms with van der Waals surface area (Å²) in [6.45, 7) is 6.23. The smallest absolute Gasteiger partial charge is 0.224 e. The summed E-state index contributed by atoms with van der Waals surface area (Å²) in [6, 6.07) is 14.3. The number of hydrogen-bond donors (Lipinski definition) is 0. The van der Waals surface area contributed by atoms with Crippen molar-refractivity contribution in [2.75, 3.05) is 18.0 Å². The van der Waals surface area contributed by atoms with E-state index in [1.54, 1.807) is 0 Å². The molecule has 0 bridgehead atoms. The van der Waals surface area contributed by atoms with Gasteiger partial charge in [0.15, 0.2) is 5.82 Å². The van der Waals surface area contributed by atoms with Gasteiger partial charge in [0.2, 0.25) is 5.91 Å². The molecular formula is C19H24N4O. The van der Waals surface area contributed by atoms with E-state index in [1.807, 2.05) is 42.2 Å². The summed E-state index contributed by atoms with van der Waals surface area (Å²) in [6.07, 6.45) is 1.44. The number of aryl methyl sites for hydroxylation is 1. The standard InChI is InChI=1S/C19H24N4O/c1-3-17-14-22(18-10-9-15(2)20-21-18)12-11-19(24)23(17)13-16-7-5-4-6-8-16/h4-10,17H,3,11-14H2,1-2H3/t17-/m1/s1. The number of rotatable bonds is 4. The van der Waals surface area contributed by atoms with Crippen LogP contribution in [0.4, 0.5) is 5.82 Å². The maximum Gasteiger partial charge on any atom is 0.224 e. The molecule has 1 aliphatic rings. The first-order valence-electron chi connectivity index (χ1n) is 8.56. The third-order valence-electron chi connectivity index (χ3n) is 4.56. The van der Waals surface area contributed by atoms with Crippen molar-refractivity contribution in [3.8, 4) is 0 Å². The van der Waals surface area contributed by atoms with Gasteiger partial charge in [-0.15, -0.1) is 5.10 Å². The molecule has 2 heterocycles. The topological polar surface area (TPSA) is 49.3 Å². The van der Waals surface area contributed by atoms with E-state index in [4.69, 9.17) is 0 Å². The molecule has 24 heavy (non-hydrogen) atoms. The Bertz CT molecular complexity index is 672. The van der Waals surface area contributed by atoms with E-state index in [0.717, 1.165) is 24.5 Å². The molecule has 1 amide bonds. The maximum atomic E-state index is 12.7. The summed E-state index contributed by atoms with van der Waals surface area (Å²) in [5, 5.41) is 8.44. The normalized spacial score (nSPS) is 18.6. The SMILES string of the molecule is CC[C@@H]1CN(c2ccc(C)nn2)CCC(=O)N1Cc1ccccc1. The van der Waals surface area contributed by atoms with Gasteiger partial charge in [0.25, 0.3) is 0 Å². The van der Waals surface area contributed by atoms with Gasteiger partial charge in [-0.3, -0.25) is 4.79 Å². The number of nitrogens with zero attached hydrogens (tertiary/aromatic N) is 4. The Balaban J connectivity index is 1.79. The van der Waals surface area contributed by atoms with Crippen LogP contribution in [-0.2, 0) is 11.3 Å². The van der Waals surface area contributed by atoms with Crippen LogP contribution < -0.4 is 4.90 Å². The van der Waals surface area contributed by atoms with E-state index in [9.17, 15) is 4.79 Å². The summed E-state index contributed by atoms with van der Waals surface area (Å²) < 4.78 is 0. The van der Waals surface area contributed by atoms with Crippen LogP contribution in [0.3, 0.4) is 0 Å². The molecule has 0 N–H and O–H groups in total. The van der Waals surface area contributed by atoms with Gasteiger partial charge in [-0.2, -0.15) is 5.10 Å². The average molecular weight is 324 g/mol. The molecular weight excluding hydrogens is 300 g/mol. The van der Waals surface area contributed by atoms with Gasteiger partial charge in [0.1, 0.15) is 0 Å². The van der Waals surface area contributed by atoms with Crippen LogP contribution >= 0.6 is 0 Å². The largest absolute Gasteiger partial charge is 0.353 e. The highest BCUT2D eigenvalue weighted by atomic mass is 16.2. The molecule has 1 saturated heterocycles. The van der Waals surface area contributed by atoms with Crippen molar-refractivity contribution in [2.24, 2.45) is 0 Å². The second-order valence-electron chi connectivity index (χ2n) is 6.30. The minimum absolute atomic E-state index is 0.184. The number of amides is 1. The highest BCUT2D eigenvalue weighted by molar-refractivity contribution is 5.78. The number of benzene rings is 1. The molecule has 0 spiro atoms. The minimum Gasteiger partial charge on any atom is -0.353 e. The zero-order valence-corrected chi connectivity index (χ0v) is 14.4. The maximum absolute atomic E-state index is 12.7. The lowest BCUT2D eigenvalue weighted by Crippen LogP contribution is -2.42. The van der Waals surface area contributed by atoms with E-state index >= 15 is 0 Å². The first-order valence-corrected chi connectivity index (χ1v) is 8.56. The molecule has 126 valence electrons. The predicted molar refractivity (Wildman–Crippen MR) is 94.7 cm³/mol. The van der Waals surface area contributed by atoms with Crippen molar-refractivity contribution in [3.05, 3.63) is 53.7 Å². The quantitative estimate of drug-likeness (QED) is 0.868. The molecule has 2 aromatic rings. The molecule has 0 aliphatic carbocycles. The Morgan fingerprint density at radius 3 is 2.58 bits per heavy atom. The Kier molecular flexibility index (Phi) is 5.08. The van der Waals surface area contributed by atoms with Crippen LogP contribution in [-0.4, -0.2) is 40.1 Å². The molecule has 0 unspecified atom stereocenters. The van der Waals surface area contributed by atoms with Gasteiger partial charge < -0.3 is 9.80 Å². The zero-order chi connectivity index (χ0) is 16.9. The third kappa shape index (κ3) is 3.72. The molecule has 5 heteroatoms. The fraction of sp³-hybridized carbons (Fsp3) is 0.421. The van der Waals surface area contributed by atoms with Crippen molar-refractivity contribution >= 4 is 11.7 Å². The third-order valence-corrected chi connectivity index (χ3v) is 4.56. The number of aromatic nitrogens is 2. The number of anilines is 1. The summed E-state index contributed by atoms with van der Waals surface area (Å²) in [5.41, 5.74) is 2.08. The van der Waals surface area contributed by atoms with Gasteiger partial charge in [-0.1, -0.05) is 37.3 Å². The summed E-state index contributed by atoms with van der Waals surface area (Å²) in [4.78, 5) is 16.9. The fourth-order valence-corrected chi connectivity index (χ4v) is 3.14. The fourth-order valence-electron chi connectivity index (χ4n) is 3.14. The van der Waals surface area contributed by atoms with Crippen LogP contribution in [0.15, 0.2) is 42.5 Å². The van der Waals surface area contributed by atoms with Crippen molar-refractivity contribution in [1.82, 2.24) is 15.1 Å². The van der Waals surface area contributed by atoms with Crippen LogP contribution in [0.25, 0.3) is 0 Å². The molecule has 1 atom stereocenters. The van der Waals surface area contributed by atoms with Gasteiger partial charge in [-0.25, -0.2) is 0 Å². The first-order chi connectivity index (χ1) is 11.7. The van der Waals surface area contributed by atoms with Gasteiger partial charge in [0, 0.05) is 32.1 Å². The monoisotopic (exact) mass is 324 g/mol. The van der Waals surface area contributed by atoms with Crippen LogP contribution in [0, 0.1) is 6.92 Å². The molecule has 1 aromatic heterocycles. The van der Waals surface area contributed by atoms with Crippen LogP contribution in [0.5, 0.6) is 0 Å². The second kappa shape index (κ2) is 7.43. The highest BCUT2D eigenvalue weighted by Gasteiger charge is 2.29. The van der Waals surface area contributed by atoms with Crippen LogP contribution in [0.1, 0.15) is 31.0 Å². The Hall–Kier alpha value is -2.43. The molecule has 1 aromatic carbocycles. The summed E-state index contributed by atoms with van der Waals surface area (Å²) >= 11 is 0. The summed E-state index contributed by atoms with van der Waals surface area (Å²) in [7, 11) is 0. The first kappa shape index (κ1) is 16.4. The van der Waals surface area contributed by atoms with E-state index < -0.39 is 0 Å². The minimum atomic E-state index is 0.184. The molecule has 1 fully saturated rings. The van der Waals surface area contributed by atoms with Gasteiger partial charge >= 0.3 is 0 Å². The molecule has 3 rings (SSSR count). The average Bonchev–Trinajstić information content (AvgIpc) is 2.76. The Morgan fingerprint density at radius 1 is 1.12 bits per heavy atom. The number of carbonyl (C=O) groups is 1. The highest BCUT2D eigenvalue weighted by Crippen LogP contribution is 2.21. The zero-order valence-electron chi connectivity index (χ0n) is 14.4. The van der Waals surface area contributed by atoms with Crippen molar-refractivity contribution in [3.63, 3.8) is 0 Å². The Morgan fingerprint density at radius 2 is 1.92 bits per heavy atom. The van der Waals surface area contributed by atoms with Gasteiger partial charge in [-0.05, 0) is 31.0 Å². The Labute approximate surface area is 143 Å². The lowest BCUT2D eigenvalue weighted by atomic mass is 10.1. The lowest BCUT2D eigenvalue weighted by molar-refractivity contribution is -0.133. The lowest BCUT2D eigenvalue weighted by Gasteiger charge is -2.31. The van der Waals surface area contributed by atoms with Gasteiger partial charge in [0.05, 0.1) is 5.69 Å². The molecule has 5 nitrogen and oxygen atoms in total. The molecule has 0 radical (unpaired) electrons. The number of hydrogen-bond acceptors (Lipinski definition) is 4. The van der Waals surface area contributed by atoms with Crippen molar-refractivity contribution in [1.29, 1.82) is 0 Å². The van der Waals surface area contributed by atoms with Crippen LogP contribution in [0.2, 0.25) is 0 Å². The van der Waals surface area contributed by atoms with E-state index in [2.05, 4.69) is 34.2 Å². The van der Waals surface area contributed by atoms with Crippen molar-refractivity contribution in [2.45, 2.75) is 39.3 Å². The predicted octanol–water partition coefficient (Wildman–Crippen LogP) is 2.80. The van der Waals surface area contributed by atoms with Crippen molar-refractivity contribution < 1.29 is 4.79 Å². The number of carbonyl (C=O) groups excluding carboxylic acids is 1. The summed E-state index contributed by atoms with van der Waals surface area (Å²) in [5.74, 6) is 1.07. The molecule has 1 aliphatic heterocycles. The van der Waals surface area contributed by atoms with E-state index in [1.165, 1.54) is 5.56 Å². The van der Waals surface area contributed by atoms with E-state index in [-0.39, 0.29) is 11.9 Å².